The number of nitrogens with zero attached hydrogens (tertiary/aromatic N) is 1. The lowest BCUT2D eigenvalue weighted by atomic mass is 10.1. The second-order valence-electron chi connectivity index (χ2n) is 6.71. The first-order valence-corrected chi connectivity index (χ1v) is 9.48. The molecule has 0 aliphatic carbocycles. The highest BCUT2D eigenvalue weighted by Crippen LogP contribution is 2.25. The van der Waals surface area contributed by atoms with E-state index in [9.17, 15) is 4.39 Å². The molecule has 6 nitrogen and oxygen atoms in total. The van der Waals surface area contributed by atoms with Crippen LogP contribution >= 0.6 is 0 Å². The Balaban J connectivity index is 1.38. The first-order valence-electron chi connectivity index (χ1n) is 9.48. The maximum absolute atomic E-state index is 13.4. The molecule has 148 valence electrons. The van der Waals surface area contributed by atoms with Crippen molar-refractivity contribution in [3.05, 3.63) is 35.3 Å². The van der Waals surface area contributed by atoms with Gasteiger partial charge in [0.2, 0.25) is 0 Å². The third kappa shape index (κ3) is 5.43. The van der Waals surface area contributed by atoms with E-state index in [0.29, 0.717) is 31.3 Å². The number of aliphatic imine (C=N–C) groups is 1. The van der Waals surface area contributed by atoms with Crippen LogP contribution < -0.4 is 10.6 Å². The van der Waals surface area contributed by atoms with Gasteiger partial charge < -0.3 is 24.5 Å². The highest BCUT2D eigenvalue weighted by molar-refractivity contribution is 5.83. The van der Waals surface area contributed by atoms with Crippen LogP contribution in [0.2, 0.25) is 0 Å². The quantitative estimate of drug-likeness (QED) is 0.420. The van der Waals surface area contributed by atoms with Gasteiger partial charge in [-0.2, -0.15) is 0 Å². The van der Waals surface area contributed by atoms with E-state index in [2.05, 4.69) is 15.6 Å². The Morgan fingerprint density at radius 1 is 1.37 bits per heavy atom. The van der Waals surface area contributed by atoms with Crippen LogP contribution in [0, 0.1) is 12.7 Å². The van der Waals surface area contributed by atoms with Crippen LogP contribution in [0.15, 0.2) is 27.6 Å². The van der Waals surface area contributed by atoms with E-state index in [1.165, 1.54) is 12.1 Å². The molecule has 0 spiro atoms. The van der Waals surface area contributed by atoms with Gasteiger partial charge in [0.05, 0.1) is 19.3 Å². The van der Waals surface area contributed by atoms with Gasteiger partial charge in [-0.25, -0.2) is 4.39 Å². The third-order valence-electron chi connectivity index (χ3n) is 4.72. The van der Waals surface area contributed by atoms with Gasteiger partial charge in [0.1, 0.15) is 17.2 Å². The fraction of sp³-hybridized carbons (Fsp3) is 0.550. The molecule has 2 aromatic rings. The Bertz CT molecular complexity index is 769. The first kappa shape index (κ1) is 19.6. The largest absolute Gasteiger partial charge is 0.459 e. The highest BCUT2D eigenvalue weighted by Gasteiger charge is 2.15. The minimum Gasteiger partial charge on any atom is -0.459 e. The first-order chi connectivity index (χ1) is 13.2. The molecule has 27 heavy (non-hydrogen) atoms. The summed E-state index contributed by atoms with van der Waals surface area (Å²) in [4.78, 5) is 4.21. The number of fused-ring (bicyclic) bond motifs is 1. The van der Waals surface area contributed by atoms with Crippen LogP contribution in [0.25, 0.3) is 11.0 Å². The normalized spacial score (nSPS) is 17.6. The molecule has 1 fully saturated rings. The molecule has 7 heteroatoms. The van der Waals surface area contributed by atoms with Crippen molar-refractivity contribution in [2.75, 3.05) is 33.4 Å². The molecule has 0 saturated carbocycles. The van der Waals surface area contributed by atoms with E-state index in [-0.39, 0.29) is 11.9 Å². The summed E-state index contributed by atoms with van der Waals surface area (Å²) in [7, 11) is 1.73. The van der Waals surface area contributed by atoms with Gasteiger partial charge in [0.25, 0.3) is 0 Å². The van der Waals surface area contributed by atoms with Crippen LogP contribution in [0.1, 0.15) is 30.6 Å². The minimum absolute atomic E-state index is 0.259. The van der Waals surface area contributed by atoms with Crippen molar-refractivity contribution >= 4 is 16.9 Å². The van der Waals surface area contributed by atoms with Gasteiger partial charge in [-0.15, -0.1) is 0 Å². The number of halogens is 1. The molecule has 1 atom stereocenters. The minimum atomic E-state index is -0.259. The van der Waals surface area contributed by atoms with Crippen LogP contribution in [0.3, 0.4) is 0 Å². The average molecular weight is 377 g/mol. The zero-order valence-electron chi connectivity index (χ0n) is 16.0. The maximum Gasteiger partial charge on any atom is 0.191 e. The molecule has 0 radical (unpaired) electrons. The van der Waals surface area contributed by atoms with Crippen molar-refractivity contribution < 1.29 is 18.3 Å². The van der Waals surface area contributed by atoms with Crippen molar-refractivity contribution in [2.24, 2.45) is 4.99 Å². The smallest absolute Gasteiger partial charge is 0.191 e. The topological polar surface area (TPSA) is 68.0 Å². The van der Waals surface area contributed by atoms with E-state index in [1.54, 1.807) is 13.1 Å². The number of benzene rings is 1. The summed E-state index contributed by atoms with van der Waals surface area (Å²) >= 11 is 0. The fourth-order valence-corrected chi connectivity index (χ4v) is 3.17. The van der Waals surface area contributed by atoms with Gasteiger partial charge >= 0.3 is 0 Å². The number of aryl methyl sites for hydroxylation is 1. The molecule has 1 unspecified atom stereocenters. The summed E-state index contributed by atoms with van der Waals surface area (Å²) in [6.07, 6.45) is 3.39. The lowest BCUT2D eigenvalue weighted by molar-refractivity contribution is 0.0168. The zero-order valence-corrected chi connectivity index (χ0v) is 16.0. The Morgan fingerprint density at radius 2 is 2.26 bits per heavy atom. The molecule has 0 bridgehead atoms. The van der Waals surface area contributed by atoms with E-state index < -0.39 is 0 Å². The lowest BCUT2D eigenvalue weighted by Gasteiger charge is -2.12. The summed E-state index contributed by atoms with van der Waals surface area (Å²) in [5.41, 5.74) is 1.63. The lowest BCUT2D eigenvalue weighted by Crippen LogP contribution is -2.37. The maximum atomic E-state index is 13.4. The Kier molecular flexibility index (Phi) is 7.06. The highest BCUT2D eigenvalue weighted by atomic mass is 19.1. The van der Waals surface area contributed by atoms with Crippen molar-refractivity contribution in [1.82, 2.24) is 10.6 Å². The molecule has 1 aromatic carbocycles. The molecule has 0 amide bonds. The number of guanidine groups is 1. The predicted molar refractivity (Wildman–Crippen MR) is 104 cm³/mol. The van der Waals surface area contributed by atoms with E-state index in [1.807, 2.05) is 6.92 Å². The number of furan rings is 1. The molecule has 3 rings (SSSR count). The Hall–Kier alpha value is -2.12. The van der Waals surface area contributed by atoms with Gasteiger partial charge in [-0.1, -0.05) is 0 Å². The molecule has 2 heterocycles. The second kappa shape index (κ2) is 9.71. The van der Waals surface area contributed by atoms with E-state index in [4.69, 9.17) is 13.9 Å². The van der Waals surface area contributed by atoms with Crippen LogP contribution in [-0.2, 0) is 16.0 Å². The van der Waals surface area contributed by atoms with Crippen molar-refractivity contribution in [3.63, 3.8) is 0 Å². The van der Waals surface area contributed by atoms with Gasteiger partial charge in [0.15, 0.2) is 5.96 Å². The number of rotatable bonds is 8. The average Bonchev–Trinajstić information content (AvgIpc) is 3.29. The molecular formula is C20H28FN3O3. The van der Waals surface area contributed by atoms with Crippen molar-refractivity contribution in [1.29, 1.82) is 0 Å². The van der Waals surface area contributed by atoms with E-state index >= 15 is 0 Å². The zero-order chi connectivity index (χ0) is 19.1. The van der Waals surface area contributed by atoms with Crippen molar-refractivity contribution in [3.8, 4) is 0 Å². The third-order valence-corrected chi connectivity index (χ3v) is 4.72. The molecular weight excluding hydrogens is 349 g/mol. The van der Waals surface area contributed by atoms with Crippen LogP contribution in [-0.4, -0.2) is 45.5 Å². The summed E-state index contributed by atoms with van der Waals surface area (Å²) in [6.45, 7) is 5.41. The van der Waals surface area contributed by atoms with Crippen LogP contribution in [0.5, 0.6) is 0 Å². The number of nitrogens with one attached hydrogen (secondary N) is 2. The predicted octanol–water partition coefficient (Wildman–Crippen LogP) is 3.13. The number of hydrogen-bond acceptors (Lipinski definition) is 4. The SMILES string of the molecule is CN=C(NCCCOCC1CCCO1)NCc1oc2ccc(F)cc2c1C. The van der Waals surface area contributed by atoms with E-state index in [0.717, 1.165) is 49.1 Å². The van der Waals surface area contributed by atoms with Gasteiger partial charge in [-0.3, -0.25) is 4.99 Å². The monoisotopic (exact) mass is 377 g/mol. The van der Waals surface area contributed by atoms with Crippen LogP contribution in [0.4, 0.5) is 4.39 Å². The second-order valence-corrected chi connectivity index (χ2v) is 6.71. The van der Waals surface area contributed by atoms with Crippen molar-refractivity contribution in [2.45, 2.75) is 38.8 Å². The summed E-state index contributed by atoms with van der Waals surface area (Å²) in [5, 5.41) is 7.29. The summed E-state index contributed by atoms with van der Waals surface area (Å²) in [5.74, 6) is 1.21. The molecule has 1 saturated heterocycles. The Morgan fingerprint density at radius 3 is 3.04 bits per heavy atom. The number of hydrogen-bond donors (Lipinski definition) is 2. The molecule has 1 aliphatic rings. The summed E-state index contributed by atoms with van der Waals surface area (Å²) < 4.78 is 30.4. The summed E-state index contributed by atoms with van der Waals surface area (Å²) in [6, 6.07) is 4.57. The standard InChI is InChI=1S/C20H28FN3O3/c1-14-17-11-15(21)6-7-18(17)27-19(14)12-24-20(22-2)23-8-4-9-25-13-16-5-3-10-26-16/h6-7,11,16H,3-5,8-10,12-13H2,1-2H3,(H2,22,23,24). The molecule has 2 N–H and O–H groups in total. The molecule has 1 aromatic heterocycles. The number of ether oxygens (including phenoxy) is 2. The molecule has 1 aliphatic heterocycles. The van der Waals surface area contributed by atoms with Gasteiger partial charge in [0, 0.05) is 37.8 Å². The van der Waals surface area contributed by atoms with Gasteiger partial charge in [-0.05, 0) is 44.4 Å². The fourth-order valence-electron chi connectivity index (χ4n) is 3.17. The Labute approximate surface area is 159 Å².